The normalized spacial score (nSPS) is 12.7. The number of sulfonamides is 1. The topological polar surface area (TPSA) is 105 Å². The number of anilines is 1. The van der Waals surface area contributed by atoms with Crippen molar-refractivity contribution in [1.82, 2.24) is 0 Å². The number of nitrogens with two attached hydrogens (primary N) is 1. The Morgan fingerprint density at radius 2 is 2.15 bits per heavy atom. The van der Waals surface area contributed by atoms with E-state index in [1.165, 1.54) is 18.2 Å². The van der Waals surface area contributed by atoms with Crippen molar-refractivity contribution in [2.75, 3.05) is 10.5 Å². The van der Waals surface area contributed by atoms with Crippen molar-refractivity contribution in [3.05, 3.63) is 28.8 Å². The van der Waals surface area contributed by atoms with Gasteiger partial charge in [0.1, 0.15) is 0 Å². The highest BCUT2D eigenvalue weighted by Gasteiger charge is 2.14. The molecule has 0 unspecified atom stereocenters. The fourth-order valence-corrected chi connectivity index (χ4v) is 3.10. The highest BCUT2D eigenvalue weighted by Crippen LogP contribution is 2.24. The molecule has 4 N–H and O–H groups in total. The smallest absolute Gasteiger partial charge is 0.232 e. The van der Waals surface area contributed by atoms with Gasteiger partial charge in [0.05, 0.1) is 16.5 Å². The van der Waals surface area contributed by atoms with Crippen LogP contribution >= 0.6 is 11.6 Å². The van der Waals surface area contributed by atoms with Crippen LogP contribution in [0.1, 0.15) is 25.8 Å². The van der Waals surface area contributed by atoms with Gasteiger partial charge in [-0.3, -0.25) is 4.72 Å². The second-order valence-corrected chi connectivity index (χ2v) is 7.03. The minimum absolute atomic E-state index is 0.0307. The van der Waals surface area contributed by atoms with Crippen LogP contribution in [0.4, 0.5) is 5.69 Å². The van der Waals surface area contributed by atoms with E-state index in [-0.39, 0.29) is 22.3 Å². The van der Waals surface area contributed by atoms with E-state index in [9.17, 15) is 8.42 Å². The van der Waals surface area contributed by atoms with Gasteiger partial charge < -0.3 is 10.9 Å². The number of benzene rings is 1. The van der Waals surface area contributed by atoms with Gasteiger partial charge in [-0.05, 0) is 30.5 Å². The van der Waals surface area contributed by atoms with Gasteiger partial charge >= 0.3 is 0 Å². The molecule has 0 fully saturated rings. The first-order chi connectivity index (χ1) is 9.25. The lowest BCUT2D eigenvalue weighted by Crippen LogP contribution is -2.18. The van der Waals surface area contributed by atoms with Crippen LogP contribution in [0, 0.1) is 5.92 Å². The van der Waals surface area contributed by atoms with Gasteiger partial charge in [0.2, 0.25) is 10.0 Å². The zero-order chi connectivity index (χ0) is 15.3. The predicted molar refractivity (Wildman–Crippen MR) is 80.8 cm³/mol. The zero-order valence-corrected chi connectivity index (χ0v) is 12.9. The number of hydrogen-bond acceptors (Lipinski definition) is 4. The summed E-state index contributed by atoms with van der Waals surface area (Å²) < 4.78 is 26.2. The largest absolute Gasteiger partial charge is 0.409 e. The van der Waals surface area contributed by atoms with E-state index in [0.29, 0.717) is 17.9 Å². The Morgan fingerprint density at radius 3 is 2.65 bits per heavy atom. The van der Waals surface area contributed by atoms with Crippen molar-refractivity contribution in [3.8, 4) is 0 Å². The van der Waals surface area contributed by atoms with Gasteiger partial charge in [0, 0.05) is 5.56 Å². The molecule has 0 aromatic heterocycles. The molecule has 0 spiro atoms. The van der Waals surface area contributed by atoms with Crippen molar-refractivity contribution in [1.29, 1.82) is 0 Å². The summed E-state index contributed by atoms with van der Waals surface area (Å²) in [5.74, 6) is 0.231. The molecule has 20 heavy (non-hydrogen) atoms. The molecule has 1 aromatic carbocycles. The second-order valence-electron chi connectivity index (χ2n) is 4.78. The molecule has 112 valence electrons. The molecule has 1 rings (SSSR count). The van der Waals surface area contributed by atoms with Crippen LogP contribution < -0.4 is 10.5 Å². The summed E-state index contributed by atoms with van der Waals surface area (Å²) in [6, 6.07) is 4.42. The van der Waals surface area contributed by atoms with E-state index in [4.69, 9.17) is 22.5 Å². The number of nitrogens with one attached hydrogen (secondary N) is 1. The molecule has 0 atom stereocenters. The molecule has 0 amide bonds. The van der Waals surface area contributed by atoms with Crippen LogP contribution in [0.5, 0.6) is 0 Å². The molecule has 8 heteroatoms. The minimum Gasteiger partial charge on any atom is -0.409 e. The Balaban J connectivity index is 2.89. The standard InChI is InChI=1S/C12H18ClN3O3S/c1-8(2)5-6-20(18,19)16-11-4-3-9(7-10(11)13)12(14)15-17/h3-4,7-8,16-17H,5-6H2,1-2H3,(H2,14,15). The molecule has 0 bridgehead atoms. The van der Waals surface area contributed by atoms with Crippen LogP contribution in [0.2, 0.25) is 5.02 Å². The number of hydrogen-bond donors (Lipinski definition) is 3. The van der Waals surface area contributed by atoms with Crippen molar-refractivity contribution in [2.24, 2.45) is 16.8 Å². The van der Waals surface area contributed by atoms with Crippen LogP contribution in [0.25, 0.3) is 0 Å². The highest BCUT2D eigenvalue weighted by molar-refractivity contribution is 7.92. The number of oxime groups is 1. The SMILES string of the molecule is CC(C)CCS(=O)(=O)Nc1ccc(/C(N)=N/O)cc1Cl. The van der Waals surface area contributed by atoms with Gasteiger partial charge in [-0.25, -0.2) is 8.42 Å². The summed E-state index contributed by atoms with van der Waals surface area (Å²) in [7, 11) is -3.44. The first-order valence-electron chi connectivity index (χ1n) is 6.03. The van der Waals surface area contributed by atoms with E-state index in [2.05, 4.69) is 9.88 Å². The monoisotopic (exact) mass is 319 g/mol. The summed E-state index contributed by atoms with van der Waals surface area (Å²) in [4.78, 5) is 0. The van der Waals surface area contributed by atoms with Crippen molar-refractivity contribution in [3.63, 3.8) is 0 Å². The summed E-state index contributed by atoms with van der Waals surface area (Å²) in [5.41, 5.74) is 6.10. The molecule has 0 aliphatic rings. The molecule has 0 saturated heterocycles. The van der Waals surface area contributed by atoms with E-state index >= 15 is 0 Å². The first kappa shape index (κ1) is 16.6. The number of nitrogens with zero attached hydrogens (tertiary/aromatic N) is 1. The summed E-state index contributed by atoms with van der Waals surface area (Å²) >= 11 is 5.98. The molecule has 0 heterocycles. The molecular weight excluding hydrogens is 302 g/mol. The second kappa shape index (κ2) is 6.81. The number of rotatable bonds is 6. The van der Waals surface area contributed by atoms with E-state index in [1.807, 2.05) is 13.8 Å². The Kier molecular flexibility index (Phi) is 5.64. The Labute approximate surface area is 123 Å². The fourth-order valence-electron chi connectivity index (χ4n) is 1.42. The quantitative estimate of drug-likeness (QED) is 0.323. The Bertz CT molecular complexity index is 600. The van der Waals surface area contributed by atoms with Crippen LogP contribution in [0.15, 0.2) is 23.4 Å². The van der Waals surface area contributed by atoms with Gasteiger partial charge in [0.15, 0.2) is 5.84 Å². The molecule has 6 nitrogen and oxygen atoms in total. The first-order valence-corrected chi connectivity index (χ1v) is 8.06. The van der Waals surface area contributed by atoms with Gasteiger partial charge in [-0.1, -0.05) is 30.6 Å². The minimum atomic E-state index is -3.44. The van der Waals surface area contributed by atoms with E-state index in [0.717, 1.165) is 0 Å². The Morgan fingerprint density at radius 1 is 1.50 bits per heavy atom. The van der Waals surface area contributed by atoms with Crippen LogP contribution in [0.3, 0.4) is 0 Å². The van der Waals surface area contributed by atoms with Crippen molar-refractivity contribution < 1.29 is 13.6 Å². The predicted octanol–water partition coefficient (Wildman–Crippen LogP) is 2.22. The molecule has 1 aromatic rings. The molecule has 0 aliphatic carbocycles. The van der Waals surface area contributed by atoms with E-state index < -0.39 is 10.0 Å². The average molecular weight is 320 g/mol. The summed E-state index contributed by atoms with van der Waals surface area (Å²) in [6.07, 6.45) is 0.565. The van der Waals surface area contributed by atoms with Gasteiger partial charge in [-0.2, -0.15) is 0 Å². The Hall–Kier alpha value is -1.47. The van der Waals surface area contributed by atoms with Crippen molar-refractivity contribution >= 4 is 33.1 Å². The third kappa shape index (κ3) is 4.90. The zero-order valence-electron chi connectivity index (χ0n) is 11.3. The lowest BCUT2D eigenvalue weighted by molar-refractivity contribution is 0.318. The highest BCUT2D eigenvalue weighted by atomic mass is 35.5. The van der Waals surface area contributed by atoms with Crippen LogP contribution in [-0.4, -0.2) is 25.2 Å². The van der Waals surface area contributed by atoms with Crippen LogP contribution in [-0.2, 0) is 10.0 Å². The average Bonchev–Trinajstić information content (AvgIpc) is 2.38. The summed E-state index contributed by atoms with van der Waals surface area (Å²) in [6.45, 7) is 3.91. The maximum absolute atomic E-state index is 11.9. The van der Waals surface area contributed by atoms with E-state index in [1.54, 1.807) is 0 Å². The summed E-state index contributed by atoms with van der Waals surface area (Å²) in [5, 5.41) is 11.6. The van der Waals surface area contributed by atoms with Crippen molar-refractivity contribution in [2.45, 2.75) is 20.3 Å². The fraction of sp³-hybridized carbons (Fsp3) is 0.417. The van der Waals surface area contributed by atoms with Gasteiger partial charge in [0.25, 0.3) is 0 Å². The molecular formula is C12H18ClN3O3S. The third-order valence-electron chi connectivity index (χ3n) is 2.60. The number of amidine groups is 1. The lowest BCUT2D eigenvalue weighted by atomic mass is 10.2. The molecule has 0 radical (unpaired) electrons. The molecule has 0 aliphatic heterocycles. The maximum Gasteiger partial charge on any atom is 0.232 e. The lowest BCUT2D eigenvalue weighted by Gasteiger charge is -2.11. The van der Waals surface area contributed by atoms with Gasteiger partial charge in [-0.15, -0.1) is 0 Å². The third-order valence-corrected chi connectivity index (χ3v) is 4.22. The molecule has 0 saturated carbocycles. The number of halogens is 1. The maximum atomic E-state index is 11.9.